The van der Waals surface area contributed by atoms with Gasteiger partial charge in [0.1, 0.15) is 6.54 Å². The second-order valence-corrected chi connectivity index (χ2v) is 4.91. The number of carbonyl (C=O) groups is 1. The molecule has 3 aromatic rings. The van der Waals surface area contributed by atoms with E-state index in [1.807, 2.05) is 0 Å². The van der Waals surface area contributed by atoms with Crippen LogP contribution in [-0.2, 0) is 17.5 Å². The van der Waals surface area contributed by atoms with E-state index in [1.165, 1.54) is 24.4 Å². The highest BCUT2D eigenvalue weighted by molar-refractivity contribution is 5.91. The number of pyridine rings is 1. The molecule has 9 heteroatoms. The van der Waals surface area contributed by atoms with Gasteiger partial charge in [0.25, 0.3) is 0 Å². The predicted molar refractivity (Wildman–Crippen MR) is 78.3 cm³/mol. The van der Waals surface area contributed by atoms with Crippen molar-refractivity contribution in [2.24, 2.45) is 0 Å². The number of hydrogen-bond acceptors (Lipinski definition) is 4. The molecule has 6 nitrogen and oxygen atoms in total. The van der Waals surface area contributed by atoms with Crippen LogP contribution in [0.3, 0.4) is 0 Å². The molecule has 2 aromatic heterocycles. The Labute approximate surface area is 132 Å². The van der Waals surface area contributed by atoms with Crippen molar-refractivity contribution in [1.82, 2.24) is 9.55 Å². The fourth-order valence-corrected chi connectivity index (χ4v) is 2.16. The lowest BCUT2D eigenvalue weighted by atomic mass is 10.2. The maximum atomic E-state index is 12.7. The molecule has 0 atom stereocenters. The highest BCUT2D eigenvalue weighted by Crippen LogP contribution is 2.30. The van der Waals surface area contributed by atoms with Gasteiger partial charge in [0.2, 0.25) is 5.91 Å². The first-order valence-corrected chi connectivity index (χ1v) is 6.76. The molecular formula is C15H10F3N3O3. The SMILES string of the molecule is O=C(Cn1c(=O)oc2cccnc21)Nc1cccc(C(F)(F)F)c1. The minimum absolute atomic E-state index is 0.0244. The Morgan fingerprint density at radius 3 is 2.79 bits per heavy atom. The van der Waals surface area contributed by atoms with Gasteiger partial charge in [0.05, 0.1) is 5.56 Å². The Kier molecular flexibility index (Phi) is 3.84. The molecule has 0 bridgehead atoms. The molecule has 0 aliphatic rings. The van der Waals surface area contributed by atoms with E-state index in [-0.39, 0.29) is 16.9 Å². The van der Waals surface area contributed by atoms with E-state index in [9.17, 15) is 22.8 Å². The predicted octanol–water partition coefficient (Wildman–Crippen LogP) is 2.65. The van der Waals surface area contributed by atoms with Gasteiger partial charge in [-0.1, -0.05) is 6.07 Å². The maximum Gasteiger partial charge on any atom is 0.421 e. The zero-order chi connectivity index (χ0) is 17.3. The van der Waals surface area contributed by atoms with E-state index >= 15 is 0 Å². The highest BCUT2D eigenvalue weighted by Gasteiger charge is 2.30. The number of nitrogens with one attached hydrogen (secondary N) is 1. The molecule has 0 spiro atoms. The summed E-state index contributed by atoms with van der Waals surface area (Å²) in [6, 6.07) is 7.30. The Morgan fingerprint density at radius 1 is 1.25 bits per heavy atom. The zero-order valence-corrected chi connectivity index (χ0v) is 12.0. The molecule has 0 aliphatic carbocycles. The van der Waals surface area contributed by atoms with Crippen molar-refractivity contribution in [2.75, 3.05) is 5.32 Å². The van der Waals surface area contributed by atoms with Gasteiger partial charge in [-0.25, -0.2) is 14.3 Å². The lowest BCUT2D eigenvalue weighted by molar-refractivity contribution is -0.137. The summed E-state index contributed by atoms with van der Waals surface area (Å²) in [6.07, 6.45) is -3.08. The van der Waals surface area contributed by atoms with Crippen molar-refractivity contribution in [3.63, 3.8) is 0 Å². The number of oxazole rings is 1. The summed E-state index contributed by atoms with van der Waals surface area (Å²) in [7, 11) is 0. The summed E-state index contributed by atoms with van der Waals surface area (Å²) in [5.74, 6) is -1.45. The van der Waals surface area contributed by atoms with Crippen LogP contribution in [0.15, 0.2) is 51.8 Å². The van der Waals surface area contributed by atoms with Gasteiger partial charge in [0, 0.05) is 11.9 Å². The summed E-state index contributed by atoms with van der Waals surface area (Å²) in [5.41, 5.74) is -0.507. The Bertz CT molecular complexity index is 959. The molecule has 1 aromatic carbocycles. The van der Waals surface area contributed by atoms with Crippen molar-refractivity contribution >= 4 is 22.8 Å². The van der Waals surface area contributed by atoms with E-state index in [4.69, 9.17) is 4.42 Å². The molecule has 0 unspecified atom stereocenters. The van der Waals surface area contributed by atoms with E-state index in [0.29, 0.717) is 0 Å². The van der Waals surface area contributed by atoms with Crippen LogP contribution in [0.5, 0.6) is 0 Å². The van der Waals surface area contributed by atoms with E-state index in [0.717, 1.165) is 16.7 Å². The second kappa shape index (κ2) is 5.84. The van der Waals surface area contributed by atoms with Crippen LogP contribution in [0, 0.1) is 0 Å². The summed E-state index contributed by atoms with van der Waals surface area (Å²) < 4.78 is 43.9. The smallest absolute Gasteiger partial charge is 0.406 e. The molecule has 0 fully saturated rings. The van der Waals surface area contributed by atoms with Crippen LogP contribution in [0.4, 0.5) is 18.9 Å². The summed E-state index contributed by atoms with van der Waals surface area (Å²) >= 11 is 0. The first-order valence-electron chi connectivity index (χ1n) is 6.76. The van der Waals surface area contributed by atoms with Crippen molar-refractivity contribution in [3.8, 4) is 0 Å². The first-order chi connectivity index (χ1) is 11.3. The molecule has 0 radical (unpaired) electrons. The van der Waals surface area contributed by atoms with Crippen LogP contribution >= 0.6 is 0 Å². The first kappa shape index (κ1) is 15.8. The molecule has 124 valence electrons. The number of rotatable bonds is 3. The van der Waals surface area contributed by atoms with Gasteiger partial charge in [0.15, 0.2) is 11.2 Å². The van der Waals surface area contributed by atoms with Gasteiger partial charge >= 0.3 is 11.9 Å². The molecule has 3 rings (SSSR count). The van der Waals surface area contributed by atoms with E-state index in [2.05, 4.69) is 10.3 Å². The van der Waals surface area contributed by atoms with Crippen molar-refractivity contribution in [2.45, 2.75) is 12.7 Å². The maximum absolute atomic E-state index is 12.7. The molecule has 0 saturated carbocycles. The standard InChI is InChI=1S/C15H10F3N3O3/c16-15(17,18)9-3-1-4-10(7-9)20-12(22)8-21-13-11(24-14(21)23)5-2-6-19-13/h1-7H,8H2,(H,20,22). The zero-order valence-electron chi connectivity index (χ0n) is 12.0. The number of aromatic nitrogens is 2. The number of carbonyl (C=O) groups excluding carboxylic acids is 1. The molecule has 2 heterocycles. The quantitative estimate of drug-likeness (QED) is 0.797. The summed E-state index contributed by atoms with van der Waals surface area (Å²) in [6.45, 7) is -0.431. The van der Waals surface area contributed by atoms with Crippen LogP contribution in [-0.4, -0.2) is 15.5 Å². The number of fused-ring (bicyclic) bond motifs is 1. The summed E-state index contributed by atoms with van der Waals surface area (Å²) in [4.78, 5) is 27.7. The molecule has 1 N–H and O–H groups in total. The number of nitrogens with zero attached hydrogens (tertiary/aromatic N) is 2. The number of halogens is 3. The van der Waals surface area contributed by atoms with E-state index in [1.54, 1.807) is 6.07 Å². The van der Waals surface area contributed by atoms with Crippen LogP contribution in [0.2, 0.25) is 0 Å². The molecule has 1 amide bonds. The van der Waals surface area contributed by atoms with Crippen LogP contribution in [0.1, 0.15) is 5.56 Å². The number of amides is 1. The minimum atomic E-state index is -4.51. The number of anilines is 1. The second-order valence-electron chi connectivity index (χ2n) is 4.91. The van der Waals surface area contributed by atoms with Crippen molar-refractivity contribution in [1.29, 1.82) is 0 Å². The van der Waals surface area contributed by atoms with Gasteiger partial charge in [-0.3, -0.25) is 4.79 Å². The monoisotopic (exact) mass is 337 g/mol. The third-order valence-electron chi connectivity index (χ3n) is 3.20. The molecule has 24 heavy (non-hydrogen) atoms. The molecular weight excluding hydrogens is 327 g/mol. The van der Waals surface area contributed by atoms with Crippen molar-refractivity contribution < 1.29 is 22.4 Å². The number of benzene rings is 1. The van der Waals surface area contributed by atoms with Crippen LogP contribution < -0.4 is 11.1 Å². The van der Waals surface area contributed by atoms with Crippen LogP contribution in [0.25, 0.3) is 11.2 Å². The Hall–Kier alpha value is -3.10. The average molecular weight is 337 g/mol. The van der Waals surface area contributed by atoms with E-state index < -0.39 is 29.9 Å². The van der Waals surface area contributed by atoms with Gasteiger partial charge in [-0.2, -0.15) is 13.2 Å². The van der Waals surface area contributed by atoms with Gasteiger partial charge in [-0.15, -0.1) is 0 Å². The van der Waals surface area contributed by atoms with Gasteiger partial charge < -0.3 is 9.73 Å². The summed E-state index contributed by atoms with van der Waals surface area (Å²) in [5, 5.41) is 2.32. The topological polar surface area (TPSA) is 77.1 Å². The minimum Gasteiger partial charge on any atom is -0.406 e. The normalized spacial score (nSPS) is 11.6. The van der Waals surface area contributed by atoms with Gasteiger partial charge in [-0.05, 0) is 30.3 Å². The lowest BCUT2D eigenvalue weighted by Crippen LogP contribution is -2.25. The number of alkyl halides is 3. The highest BCUT2D eigenvalue weighted by atomic mass is 19.4. The molecule has 0 saturated heterocycles. The Balaban J connectivity index is 1.81. The molecule has 0 aliphatic heterocycles. The third-order valence-corrected chi connectivity index (χ3v) is 3.20. The lowest BCUT2D eigenvalue weighted by Gasteiger charge is -2.10. The third kappa shape index (κ3) is 3.14. The fourth-order valence-electron chi connectivity index (χ4n) is 2.16. The fraction of sp³-hybridized carbons (Fsp3) is 0.133. The number of hydrogen-bond donors (Lipinski definition) is 1. The average Bonchev–Trinajstić information content (AvgIpc) is 2.83. The largest absolute Gasteiger partial charge is 0.421 e. The van der Waals surface area contributed by atoms with Crippen molar-refractivity contribution in [3.05, 3.63) is 58.7 Å². The Morgan fingerprint density at radius 2 is 2.04 bits per heavy atom.